The number of nitrogens with zero attached hydrogens (tertiary/aromatic N) is 3. The molecule has 0 aliphatic heterocycles. The number of aryl methyl sites for hydroxylation is 1. The molecule has 2 aromatic rings. The second-order valence-electron chi connectivity index (χ2n) is 4.08. The molecule has 1 aromatic carbocycles. The first-order chi connectivity index (χ1) is 9.11. The van der Waals surface area contributed by atoms with Gasteiger partial charge >= 0.3 is 0 Å². The average Bonchev–Trinajstić information content (AvgIpc) is 2.77. The maximum atomic E-state index is 12.3. The van der Waals surface area contributed by atoms with Gasteiger partial charge in [0.1, 0.15) is 12.2 Å². The highest BCUT2D eigenvalue weighted by atomic mass is 35.5. The average molecular weight is 299 g/mol. The molecule has 2 N–H and O–H groups in total. The molecule has 7 heteroatoms. The molecule has 0 saturated carbocycles. The fraction of sp³-hybridized carbons (Fsp3) is 0.333. The number of nitrogen functional groups attached to an aromatic ring is 1. The van der Waals surface area contributed by atoms with Gasteiger partial charge in [-0.05, 0) is 24.6 Å². The van der Waals surface area contributed by atoms with E-state index in [-0.39, 0.29) is 0 Å². The molecule has 1 heterocycles. The van der Waals surface area contributed by atoms with Gasteiger partial charge in [0.15, 0.2) is 0 Å². The molecule has 0 spiro atoms. The summed E-state index contributed by atoms with van der Waals surface area (Å²) in [7, 11) is -1.26. The lowest BCUT2D eigenvalue weighted by molar-refractivity contribution is 0.579. The summed E-state index contributed by atoms with van der Waals surface area (Å²) >= 11 is 6.05. The van der Waals surface area contributed by atoms with Crippen molar-refractivity contribution in [3.8, 4) is 0 Å². The molecule has 5 nitrogen and oxygen atoms in total. The van der Waals surface area contributed by atoms with Crippen molar-refractivity contribution >= 4 is 28.1 Å². The standard InChI is InChI=1S/C12H15ClN4OS/c1-2-5-17-12(15-8-16-17)7-19(18)11-4-3-9(14)6-10(11)13/h3-4,6,8H,2,5,7,14H2,1H3. The van der Waals surface area contributed by atoms with Crippen molar-refractivity contribution < 1.29 is 4.21 Å². The first-order valence-electron chi connectivity index (χ1n) is 5.92. The molecule has 0 bridgehead atoms. The van der Waals surface area contributed by atoms with Gasteiger partial charge in [-0.2, -0.15) is 5.10 Å². The zero-order valence-corrected chi connectivity index (χ0v) is 12.1. The predicted octanol–water partition coefficient (Wildman–Crippen LogP) is 2.23. The van der Waals surface area contributed by atoms with E-state index < -0.39 is 10.8 Å². The lowest BCUT2D eigenvalue weighted by Crippen LogP contribution is -2.08. The van der Waals surface area contributed by atoms with Crippen LogP contribution in [-0.2, 0) is 23.1 Å². The van der Waals surface area contributed by atoms with E-state index in [2.05, 4.69) is 17.0 Å². The Morgan fingerprint density at radius 1 is 1.47 bits per heavy atom. The maximum absolute atomic E-state index is 12.3. The van der Waals surface area contributed by atoms with Gasteiger partial charge in [0.05, 0.1) is 26.5 Å². The highest BCUT2D eigenvalue weighted by Gasteiger charge is 2.13. The van der Waals surface area contributed by atoms with E-state index in [1.807, 2.05) is 0 Å². The summed E-state index contributed by atoms with van der Waals surface area (Å²) in [5, 5.41) is 4.52. The van der Waals surface area contributed by atoms with Gasteiger partial charge in [0.25, 0.3) is 0 Å². The summed E-state index contributed by atoms with van der Waals surface area (Å²) in [5.74, 6) is 0.997. The Labute approximate surface area is 119 Å². The number of nitrogens with two attached hydrogens (primary N) is 1. The van der Waals surface area contributed by atoms with Crippen molar-refractivity contribution in [2.24, 2.45) is 0 Å². The molecule has 2 rings (SSSR count). The minimum Gasteiger partial charge on any atom is -0.399 e. The third kappa shape index (κ3) is 3.33. The third-order valence-corrected chi connectivity index (χ3v) is 4.38. The molecule has 1 atom stereocenters. The molecule has 0 fully saturated rings. The summed E-state index contributed by atoms with van der Waals surface area (Å²) in [6.45, 7) is 2.82. The Morgan fingerprint density at radius 3 is 2.95 bits per heavy atom. The van der Waals surface area contributed by atoms with Crippen LogP contribution >= 0.6 is 11.6 Å². The van der Waals surface area contributed by atoms with E-state index in [0.717, 1.165) is 13.0 Å². The van der Waals surface area contributed by atoms with Crippen molar-refractivity contribution in [3.63, 3.8) is 0 Å². The van der Waals surface area contributed by atoms with Crippen molar-refractivity contribution in [3.05, 3.63) is 35.4 Å². The molecular weight excluding hydrogens is 284 g/mol. The van der Waals surface area contributed by atoms with E-state index in [1.165, 1.54) is 6.33 Å². The Balaban J connectivity index is 2.18. The summed E-state index contributed by atoms with van der Waals surface area (Å²) in [6, 6.07) is 4.98. The number of hydrogen-bond acceptors (Lipinski definition) is 4. The van der Waals surface area contributed by atoms with Crippen molar-refractivity contribution in [2.45, 2.75) is 30.5 Å². The largest absolute Gasteiger partial charge is 0.399 e. The third-order valence-electron chi connectivity index (χ3n) is 2.59. The highest BCUT2D eigenvalue weighted by molar-refractivity contribution is 7.84. The Hall–Kier alpha value is -1.40. The van der Waals surface area contributed by atoms with Crippen LogP contribution < -0.4 is 5.73 Å². The first kappa shape index (κ1) is 14.0. The lowest BCUT2D eigenvalue weighted by Gasteiger charge is -2.06. The van der Waals surface area contributed by atoms with Crippen molar-refractivity contribution in [1.29, 1.82) is 0 Å². The normalized spacial score (nSPS) is 12.5. The lowest BCUT2D eigenvalue weighted by atomic mass is 10.3. The van der Waals surface area contributed by atoms with Crippen molar-refractivity contribution in [2.75, 3.05) is 5.73 Å². The Kier molecular flexibility index (Phi) is 4.55. The van der Waals surface area contributed by atoms with Crippen LogP contribution in [0.5, 0.6) is 0 Å². The number of rotatable bonds is 5. The molecule has 1 aromatic heterocycles. The van der Waals surface area contributed by atoms with E-state index in [9.17, 15) is 4.21 Å². The number of anilines is 1. The van der Waals surface area contributed by atoms with Gasteiger partial charge in [-0.25, -0.2) is 9.67 Å². The first-order valence-corrected chi connectivity index (χ1v) is 7.61. The second kappa shape index (κ2) is 6.16. The van der Waals surface area contributed by atoms with Gasteiger partial charge < -0.3 is 5.73 Å². The van der Waals surface area contributed by atoms with E-state index in [1.54, 1.807) is 22.9 Å². The van der Waals surface area contributed by atoms with E-state index >= 15 is 0 Å². The van der Waals surface area contributed by atoms with E-state index in [0.29, 0.717) is 27.2 Å². The summed E-state index contributed by atoms with van der Waals surface area (Å²) in [6.07, 6.45) is 2.43. The van der Waals surface area contributed by atoms with Gasteiger partial charge in [0.2, 0.25) is 0 Å². The highest BCUT2D eigenvalue weighted by Crippen LogP contribution is 2.23. The summed E-state index contributed by atoms with van der Waals surface area (Å²) < 4.78 is 14.1. The Morgan fingerprint density at radius 2 is 2.26 bits per heavy atom. The number of hydrogen-bond donors (Lipinski definition) is 1. The van der Waals surface area contributed by atoms with Crippen LogP contribution in [0.2, 0.25) is 5.02 Å². The molecule has 0 aliphatic carbocycles. The smallest absolute Gasteiger partial charge is 0.139 e. The predicted molar refractivity (Wildman–Crippen MR) is 76.3 cm³/mol. The molecular formula is C12H15ClN4OS. The monoisotopic (exact) mass is 298 g/mol. The summed E-state index contributed by atoms with van der Waals surface area (Å²) in [5.41, 5.74) is 6.17. The van der Waals surface area contributed by atoms with Crippen LogP contribution in [-0.4, -0.2) is 19.0 Å². The molecule has 1 unspecified atom stereocenters. The molecule has 0 aliphatic rings. The van der Waals surface area contributed by atoms with Crippen LogP contribution in [0.15, 0.2) is 29.4 Å². The number of benzene rings is 1. The second-order valence-corrected chi connectivity index (χ2v) is 5.91. The minimum absolute atomic E-state index is 0.295. The zero-order chi connectivity index (χ0) is 13.8. The molecule has 0 amide bonds. The molecule has 19 heavy (non-hydrogen) atoms. The van der Waals surface area contributed by atoms with Gasteiger partial charge in [-0.3, -0.25) is 4.21 Å². The number of aromatic nitrogens is 3. The summed E-state index contributed by atoms with van der Waals surface area (Å²) in [4.78, 5) is 4.71. The fourth-order valence-electron chi connectivity index (χ4n) is 1.70. The molecule has 102 valence electrons. The van der Waals surface area contributed by atoms with Crippen LogP contribution in [0.25, 0.3) is 0 Å². The molecule has 0 saturated heterocycles. The quantitative estimate of drug-likeness (QED) is 0.859. The van der Waals surface area contributed by atoms with E-state index in [4.69, 9.17) is 17.3 Å². The van der Waals surface area contributed by atoms with Crippen molar-refractivity contribution in [1.82, 2.24) is 14.8 Å². The Bertz CT molecular complexity index is 599. The van der Waals surface area contributed by atoms with Crippen LogP contribution in [0.1, 0.15) is 19.2 Å². The van der Waals surface area contributed by atoms with Gasteiger partial charge in [0, 0.05) is 12.2 Å². The number of halogens is 1. The topological polar surface area (TPSA) is 73.8 Å². The van der Waals surface area contributed by atoms with Gasteiger partial charge in [-0.15, -0.1) is 0 Å². The maximum Gasteiger partial charge on any atom is 0.139 e. The molecule has 0 radical (unpaired) electrons. The van der Waals surface area contributed by atoms with Crippen LogP contribution in [0.4, 0.5) is 5.69 Å². The fourth-order valence-corrected chi connectivity index (χ4v) is 3.25. The van der Waals surface area contributed by atoms with Gasteiger partial charge in [-0.1, -0.05) is 18.5 Å². The minimum atomic E-state index is -1.26. The van der Waals surface area contributed by atoms with Crippen LogP contribution in [0, 0.1) is 0 Å². The SMILES string of the molecule is CCCn1ncnc1CS(=O)c1ccc(N)cc1Cl. The zero-order valence-electron chi connectivity index (χ0n) is 10.5. The van der Waals surface area contributed by atoms with Crippen LogP contribution in [0.3, 0.4) is 0 Å².